The van der Waals surface area contributed by atoms with Crippen molar-refractivity contribution in [1.82, 2.24) is 5.32 Å². The van der Waals surface area contributed by atoms with Crippen molar-refractivity contribution in [3.8, 4) is 11.1 Å². The number of alkyl halides is 1. The summed E-state index contributed by atoms with van der Waals surface area (Å²) in [4.78, 5) is 12.1. The average Bonchev–Trinajstić information content (AvgIpc) is 3.10. The van der Waals surface area contributed by atoms with Gasteiger partial charge in [-0.1, -0.05) is 71.1 Å². The van der Waals surface area contributed by atoms with E-state index in [1.54, 1.807) is 0 Å². The fraction of sp³-hybridized carbons (Fsp3) is 0.435. The van der Waals surface area contributed by atoms with E-state index in [4.69, 9.17) is 18.9 Å². The van der Waals surface area contributed by atoms with E-state index in [2.05, 4.69) is 52.2 Å². The number of nitrogens with one attached hydrogen (secondary N) is 1. The molecule has 1 aliphatic rings. The normalized spacial score (nSPS) is 12.4. The first kappa shape index (κ1) is 23.0. The van der Waals surface area contributed by atoms with Crippen molar-refractivity contribution < 1.29 is 23.7 Å². The van der Waals surface area contributed by atoms with Crippen LogP contribution in [0.3, 0.4) is 0 Å². The van der Waals surface area contributed by atoms with Crippen LogP contribution in [-0.4, -0.2) is 63.3 Å². The van der Waals surface area contributed by atoms with E-state index in [-0.39, 0.29) is 5.92 Å². The molecule has 3 rings (SSSR count). The molecule has 1 N–H and O–H groups in total. The standard InChI is InChI=1S/C23H28INO5/c24-9-11-27-13-15-29-16-14-28-12-10-25-23(26)30-17-22-20-7-3-1-5-18(20)19-6-2-4-8-21(19)22/h1-8,22H,9-17H2,(H,25,26). The van der Waals surface area contributed by atoms with Crippen molar-refractivity contribution in [1.29, 1.82) is 0 Å². The van der Waals surface area contributed by atoms with E-state index >= 15 is 0 Å². The summed E-state index contributed by atoms with van der Waals surface area (Å²) in [5, 5.41) is 2.73. The number of alkyl carbamates (subject to hydrolysis) is 1. The molecule has 7 heteroatoms. The number of amides is 1. The Morgan fingerprint density at radius 1 is 0.800 bits per heavy atom. The second kappa shape index (κ2) is 12.9. The van der Waals surface area contributed by atoms with Gasteiger partial charge in [0.1, 0.15) is 6.61 Å². The number of rotatable bonds is 13. The molecule has 0 radical (unpaired) electrons. The van der Waals surface area contributed by atoms with Gasteiger partial charge in [-0.3, -0.25) is 0 Å². The lowest BCUT2D eigenvalue weighted by Crippen LogP contribution is -2.29. The van der Waals surface area contributed by atoms with Crippen LogP contribution in [0.4, 0.5) is 4.79 Å². The second-order valence-corrected chi connectivity index (χ2v) is 7.86. The molecule has 0 spiro atoms. The Hall–Kier alpha value is -1.68. The van der Waals surface area contributed by atoms with Crippen LogP contribution >= 0.6 is 22.6 Å². The predicted octanol–water partition coefficient (Wildman–Crippen LogP) is 4.01. The minimum atomic E-state index is -0.427. The van der Waals surface area contributed by atoms with Crippen LogP contribution in [-0.2, 0) is 18.9 Å². The Balaban J connectivity index is 1.30. The van der Waals surface area contributed by atoms with E-state index in [1.807, 2.05) is 24.3 Å². The number of hydrogen-bond donors (Lipinski definition) is 1. The maximum absolute atomic E-state index is 12.1. The lowest BCUT2D eigenvalue weighted by atomic mass is 9.98. The summed E-state index contributed by atoms with van der Waals surface area (Å²) in [5.41, 5.74) is 4.84. The zero-order chi connectivity index (χ0) is 21.0. The Morgan fingerprint density at radius 3 is 1.93 bits per heavy atom. The zero-order valence-corrected chi connectivity index (χ0v) is 19.1. The first-order valence-electron chi connectivity index (χ1n) is 10.2. The molecule has 1 amide bonds. The lowest BCUT2D eigenvalue weighted by Gasteiger charge is -2.14. The van der Waals surface area contributed by atoms with Gasteiger partial charge in [0.05, 0.1) is 39.6 Å². The molecule has 2 aromatic carbocycles. The Bertz CT molecular complexity index is 755. The van der Waals surface area contributed by atoms with Gasteiger partial charge in [-0.15, -0.1) is 0 Å². The van der Waals surface area contributed by atoms with Crippen LogP contribution in [0.5, 0.6) is 0 Å². The molecule has 0 saturated carbocycles. The molecule has 0 atom stereocenters. The third kappa shape index (κ3) is 6.66. The summed E-state index contributed by atoms with van der Waals surface area (Å²) in [6.45, 7) is 4.05. The van der Waals surface area contributed by atoms with Gasteiger partial charge >= 0.3 is 6.09 Å². The minimum Gasteiger partial charge on any atom is -0.449 e. The van der Waals surface area contributed by atoms with Gasteiger partial charge in [-0.25, -0.2) is 4.79 Å². The molecule has 0 aliphatic heterocycles. The number of benzene rings is 2. The van der Waals surface area contributed by atoms with E-state index in [0.717, 1.165) is 11.0 Å². The topological polar surface area (TPSA) is 66.0 Å². The molecule has 0 unspecified atom stereocenters. The van der Waals surface area contributed by atoms with Crippen LogP contribution < -0.4 is 5.32 Å². The Labute approximate surface area is 191 Å². The molecule has 1 aliphatic carbocycles. The molecule has 162 valence electrons. The van der Waals surface area contributed by atoms with Crippen LogP contribution in [0.2, 0.25) is 0 Å². The van der Waals surface area contributed by atoms with Crippen molar-refractivity contribution in [2.24, 2.45) is 0 Å². The van der Waals surface area contributed by atoms with Crippen molar-refractivity contribution in [2.45, 2.75) is 5.92 Å². The number of ether oxygens (including phenoxy) is 4. The SMILES string of the molecule is O=C(NCCOCCOCCOCCI)OCC1c2ccccc2-c2ccccc21. The second-order valence-electron chi connectivity index (χ2n) is 6.78. The van der Waals surface area contributed by atoms with Gasteiger partial charge < -0.3 is 24.3 Å². The highest BCUT2D eigenvalue weighted by atomic mass is 127. The summed E-state index contributed by atoms with van der Waals surface area (Å²) in [7, 11) is 0. The summed E-state index contributed by atoms with van der Waals surface area (Å²) >= 11 is 2.27. The summed E-state index contributed by atoms with van der Waals surface area (Å²) in [6.07, 6.45) is -0.427. The molecule has 30 heavy (non-hydrogen) atoms. The van der Waals surface area contributed by atoms with Crippen LogP contribution in [0.15, 0.2) is 48.5 Å². The third-order valence-electron chi connectivity index (χ3n) is 4.82. The number of carbonyl (C=O) groups is 1. The first-order valence-corrected chi connectivity index (χ1v) is 11.7. The van der Waals surface area contributed by atoms with Gasteiger partial charge in [0, 0.05) is 16.9 Å². The quantitative estimate of drug-likeness (QED) is 0.243. The molecule has 0 fully saturated rings. The first-order chi connectivity index (χ1) is 14.8. The largest absolute Gasteiger partial charge is 0.449 e. The molecule has 0 bridgehead atoms. The van der Waals surface area contributed by atoms with E-state index < -0.39 is 6.09 Å². The van der Waals surface area contributed by atoms with Crippen LogP contribution in [0, 0.1) is 0 Å². The van der Waals surface area contributed by atoms with Crippen molar-refractivity contribution in [3.05, 3.63) is 59.7 Å². The van der Waals surface area contributed by atoms with Gasteiger partial charge in [0.25, 0.3) is 0 Å². The zero-order valence-electron chi connectivity index (χ0n) is 17.0. The van der Waals surface area contributed by atoms with Gasteiger partial charge in [0.15, 0.2) is 0 Å². The molecule has 2 aromatic rings. The van der Waals surface area contributed by atoms with E-state index in [1.165, 1.54) is 22.3 Å². The molecule has 0 aromatic heterocycles. The number of halogens is 1. The fourth-order valence-electron chi connectivity index (χ4n) is 3.47. The van der Waals surface area contributed by atoms with Gasteiger partial charge in [0.2, 0.25) is 0 Å². The number of hydrogen-bond acceptors (Lipinski definition) is 5. The minimum absolute atomic E-state index is 0.0670. The predicted molar refractivity (Wildman–Crippen MR) is 124 cm³/mol. The lowest BCUT2D eigenvalue weighted by molar-refractivity contribution is 0.0182. The summed E-state index contributed by atoms with van der Waals surface area (Å²) in [5.74, 6) is 0.0670. The van der Waals surface area contributed by atoms with Crippen molar-refractivity contribution >= 4 is 28.7 Å². The monoisotopic (exact) mass is 525 g/mol. The molecular formula is C23H28INO5. The highest BCUT2D eigenvalue weighted by Gasteiger charge is 2.28. The maximum Gasteiger partial charge on any atom is 0.407 e. The van der Waals surface area contributed by atoms with Crippen LogP contribution in [0.1, 0.15) is 17.0 Å². The summed E-state index contributed by atoms with van der Waals surface area (Å²) in [6, 6.07) is 16.6. The Kier molecular flexibility index (Phi) is 9.88. The fourth-order valence-corrected chi connectivity index (χ4v) is 3.78. The highest BCUT2D eigenvalue weighted by molar-refractivity contribution is 14.1. The highest BCUT2D eigenvalue weighted by Crippen LogP contribution is 2.44. The van der Waals surface area contributed by atoms with Crippen molar-refractivity contribution in [2.75, 3.05) is 57.2 Å². The molecule has 0 saturated heterocycles. The van der Waals surface area contributed by atoms with Crippen LogP contribution in [0.25, 0.3) is 11.1 Å². The average molecular weight is 525 g/mol. The summed E-state index contributed by atoms with van der Waals surface area (Å²) < 4.78 is 22.6. The molecule has 0 heterocycles. The van der Waals surface area contributed by atoms with Crippen molar-refractivity contribution in [3.63, 3.8) is 0 Å². The maximum atomic E-state index is 12.1. The smallest absolute Gasteiger partial charge is 0.407 e. The molecular weight excluding hydrogens is 497 g/mol. The number of fused-ring (bicyclic) bond motifs is 3. The number of carbonyl (C=O) groups excluding carboxylic acids is 1. The van der Waals surface area contributed by atoms with Gasteiger partial charge in [-0.2, -0.15) is 0 Å². The Morgan fingerprint density at radius 2 is 1.33 bits per heavy atom. The molecule has 6 nitrogen and oxygen atoms in total. The van der Waals surface area contributed by atoms with E-state index in [0.29, 0.717) is 46.2 Å². The van der Waals surface area contributed by atoms with Gasteiger partial charge in [-0.05, 0) is 22.3 Å². The van der Waals surface area contributed by atoms with E-state index in [9.17, 15) is 4.79 Å². The third-order valence-corrected chi connectivity index (χ3v) is 5.27.